The molecule has 0 saturated heterocycles. The predicted octanol–water partition coefficient (Wildman–Crippen LogP) is 3.65. The van der Waals surface area contributed by atoms with Gasteiger partial charge < -0.3 is 16.0 Å². The van der Waals surface area contributed by atoms with Crippen molar-refractivity contribution < 1.29 is 4.79 Å². The van der Waals surface area contributed by atoms with Gasteiger partial charge in [0.2, 0.25) is 5.91 Å². The number of thiazole rings is 1. The zero-order valence-electron chi connectivity index (χ0n) is 17.4. The van der Waals surface area contributed by atoms with Crippen molar-refractivity contribution in [2.75, 3.05) is 18.9 Å². The van der Waals surface area contributed by atoms with Gasteiger partial charge in [0.25, 0.3) is 0 Å². The molecule has 152 valence electrons. The minimum absolute atomic E-state index is 0.00946. The molecule has 1 aromatic carbocycles. The van der Waals surface area contributed by atoms with Gasteiger partial charge in [-0.2, -0.15) is 0 Å². The van der Waals surface area contributed by atoms with Gasteiger partial charge in [-0.1, -0.05) is 26.0 Å². The summed E-state index contributed by atoms with van der Waals surface area (Å²) in [6.07, 6.45) is 1.70. The second-order valence-corrected chi connectivity index (χ2v) is 8.14. The molecule has 0 saturated carbocycles. The Morgan fingerprint density at radius 2 is 2.07 bits per heavy atom. The molecular formula is C21H31N5OS. The number of nitrogens with zero attached hydrogens (tertiary/aromatic N) is 2. The molecule has 0 aliphatic heterocycles. The maximum Gasteiger partial charge on any atom is 0.227 e. The summed E-state index contributed by atoms with van der Waals surface area (Å²) in [6.45, 7) is 9.50. The minimum Gasteiger partial charge on any atom is -0.356 e. The Kier molecular flexibility index (Phi) is 8.44. The van der Waals surface area contributed by atoms with Crippen LogP contribution < -0.4 is 16.0 Å². The molecule has 1 atom stereocenters. The Morgan fingerprint density at radius 3 is 2.71 bits per heavy atom. The van der Waals surface area contributed by atoms with Crippen LogP contribution >= 0.6 is 11.3 Å². The minimum atomic E-state index is 0.00946. The number of hydrogen-bond acceptors (Lipinski definition) is 4. The van der Waals surface area contributed by atoms with Gasteiger partial charge in [0.1, 0.15) is 0 Å². The molecule has 1 aromatic heterocycles. The quantitative estimate of drug-likeness (QED) is 0.466. The van der Waals surface area contributed by atoms with Crippen molar-refractivity contribution >= 4 is 28.9 Å². The molecule has 0 bridgehead atoms. The van der Waals surface area contributed by atoms with Crippen LogP contribution in [0.4, 0.5) is 5.69 Å². The van der Waals surface area contributed by atoms with Crippen LogP contribution in [-0.2, 0) is 17.8 Å². The predicted molar refractivity (Wildman–Crippen MR) is 118 cm³/mol. The van der Waals surface area contributed by atoms with Crippen molar-refractivity contribution in [2.45, 2.75) is 47.1 Å². The van der Waals surface area contributed by atoms with Crippen LogP contribution in [0.15, 0.2) is 29.3 Å². The summed E-state index contributed by atoms with van der Waals surface area (Å²) < 4.78 is 0. The highest BCUT2D eigenvalue weighted by molar-refractivity contribution is 7.11. The Morgan fingerprint density at radius 1 is 1.29 bits per heavy atom. The molecule has 1 unspecified atom stereocenters. The van der Waals surface area contributed by atoms with E-state index >= 15 is 0 Å². The summed E-state index contributed by atoms with van der Waals surface area (Å²) in [7, 11) is 1.76. The molecule has 0 spiro atoms. The Labute approximate surface area is 171 Å². The van der Waals surface area contributed by atoms with Crippen LogP contribution in [0, 0.1) is 19.8 Å². The van der Waals surface area contributed by atoms with Crippen molar-refractivity contribution in [3.63, 3.8) is 0 Å². The SMILES string of the molecule is CCC(C)C(=O)Nc1cccc(CNC(=NC)NCCc2nc(C)c(C)s2)c1. The molecule has 3 N–H and O–H groups in total. The van der Waals surface area contributed by atoms with Crippen molar-refractivity contribution in [3.8, 4) is 0 Å². The number of rotatable bonds is 8. The van der Waals surface area contributed by atoms with E-state index in [0.717, 1.165) is 47.3 Å². The van der Waals surface area contributed by atoms with Crippen LogP contribution in [0.1, 0.15) is 41.4 Å². The molecule has 2 aromatic rings. The standard InChI is InChI=1S/C21H31N5OS/c1-6-14(2)20(27)26-18-9-7-8-17(12-18)13-24-21(22-5)23-11-10-19-25-15(3)16(4)28-19/h7-9,12,14H,6,10-11,13H2,1-5H3,(H,26,27)(H2,22,23,24). The van der Waals surface area contributed by atoms with E-state index in [1.807, 2.05) is 45.0 Å². The lowest BCUT2D eigenvalue weighted by atomic mass is 10.1. The second kappa shape index (κ2) is 10.8. The fourth-order valence-corrected chi connectivity index (χ4v) is 3.48. The van der Waals surface area contributed by atoms with Gasteiger partial charge in [0.05, 0.1) is 10.7 Å². The van der Waals surface area contributed by atoms with E-state index in [4.69, 9.17) is 0 Å². The number of nitrogens with one attached hydrogen (secondary N) is 3. The average Bonchev–Trinajstić information content (AvgIpc) is 3.01. The number of amides is 1. The third-order valence-corrected chi connectivity index (χ3v) is 5.77. The normalized spacial score (nSPS) is 12.5. The van der Waals surface area contributed by atoms with Gasteiger partial charge >= 0.3 is 0 Å². The smallest absolute Gasteiger partial charge is 0.227 e. The monoisotopic (exact) mass is 401 g/mol. The first-order chi connectivity index (χ1) is 13.4. The van der Waals surface area contributed by atoms with Crippen molar-refractivity contribution in [1.82, 2.24) is 15.6 Å². The zero-order chi connectivity index (χ0) is 20.5. The zero-order valence-corrected chi connectivity index (χ0v) is 18.2. The molecule has 0 radical (unpaired) electrons. The molecule has 0 fully saturated rings. The third-order valence-electron chi connectivity index (χ3n) is 4.64. The van der Waals surface area contributed by atoms with Crippen molar-refractivity contribution in [2.24, 2.45) is 10.9 Å². The maximum atomic E-state index is 12.1. The van der Waals surface area contributed by atoms with Gasteiger partial charge in [0.15, 0.2) is 5.96 Å². The van der Waals surface area contributed by atoms with Crippen molar-refractivity contribution in [3.05, 3.63) is 45.4 Å². The Hall–Kier alpha value is -2.41. The van der Waals surface area contributed by atoms with Gasteiger partial charge in [-0.05, 0) is 38.0 Å². The highest BCUT2D eigenvalue weighted by Gasteiger charge is 2.10. The number of aliphatic imine (C=N–C) groups is 1. The van der Waals surface area contributed by atoms with Crippen LogP contribution in [0.5, 0.6) is 0 Å². The van der Waals surface area contributed by atoms with E-state index in [1.165, 1.54) is 4.88 Å². The molecule has 2 rings (SSSR count). The average molecular weight is 402 g/mol. The molecule has 0 aliphatic carbocycles. The number of aromatic nitrogens is 1. The largest absolute Gasteiger partial charge is 0.356 e. The summed E-state index contributed by atoms with van der Waals surface area (Å²) >= 11 is 1.75. The molecular weight excluding hydrogens is 370 g/mol. The number of guanidine groups is 1. The van der Waals surface area contributed by atoms with Gasteiger partial charge in [0, 0.05) is 43.0 Å². The summed E-state index contributed by atoms with van der Waals surface area (Å²) in [5.41, 5.74) is 3.01. The first-order valence-corrected chi connectivity index (χ1v) is 10.5. The van der Waals surface area contributed by atoms with Crippen LogP contribution in [-0.4, -0.2) is 30.4 Å². The number of carbonyl (C=O) groups excluding carboxylic acids is 1. The number of hydrogen-bond donors (Lipinski definition) is 3. The fraction of sp³-hybridized carbons (Fsp3) is 0.476. The van der Waals surface area contributed by atoms with Crippen LogP contribution in [0.2, 0.25) is 0 Å². The third kappa shape index (κ3) is 6.64. The van der Waals surface area contributed by atoms with E-state index in [1.54, 1.807) is 18.4 Å². The summed E-state index contributed by atoms with van der Waals surface area (Å²) in [5.74, 6) is 0.812. The van der Waals surface area contributed by atoms with E-state index in [9.17, 15) is 4.79 Å². The number of anilines is 1. The fourth-order valence-electron chi connectivity index (χ4n) is 2.55. The Balaban J connectivity index is 1.82. The molecule has 7 heteroatoms. The van der Waals surface area contributed by atoms with Crippen LogP contribution in [0.25, 0.3) is 0 Å². The molecule has 6 nitrogen and oxygen atoms in total. The Bertz CT molecular complexity index is 795. The summed E-state index contributed by atoms with van der Waals surface area (Å²) in [4.78, 5) is 22.2. The van der Waals surface area contributed by atoms with E-state index in [2.05, 4.69) is 32.9 Å². The first kappa shape index (κ1) is 21.9. The number of benzene rings is 1. The first-order valence-electron chi connectivity index (χ1n) is 9.70. The lowest BCUT2D eigenvalue weighted by Crippen LogP contribution is -2.37. The number of carbonyl (C=O) groups is 1. The lowest BCUT2D eigenvalue weighted by Gasteiger charge is -2.13. The maximum absolute atomic E-state index is 12.1. The summed E-state index contributed by atoms with van der Waals surface area (Å²) in [5, 5.41) is 10.8. The van der Waals surface area contributed by atoms with Gasteiger partial charge in [-0.3, -0.25) is 9.79 Å². The van der Waals surface area contributed by atoms with Crippen molar-refractivity contribution in [1.29, 1.82) is 0 Å². The molecule has 28 heavy (non-hydrogen) atoms. The van der Waals surface area contributed by atoms with E-state index < -0.39 is 0 Å². The second-order valence-electron chi connectivity index (χ2n) is 6.85. The summed E-state index contributed by atoms with van der Waals surface area (Å²) in [6, 6.07) is 7.88. The van der Waals surface area contributed by atoms with E-state index in [0.29, 0.717) is 6.54 Å². The highest BCUT2D eigenvalue weighted by atomic mass is 32.1. The molecule has 1 heterocycles. The number of aryl methyl sites for hydroxylation is 2. The lowest BCUT2D eigenvalue weighted by molar-refractivity contribution is -0.119. The topological polar surface area (TPSA) is 78.4 Å². The van der Waals surface area contributed by atoms with E-state index in [-0.39, 0.29) is 11.8 Å². The highest BCUT2D eigenvalue weighted by Crippen LogP contribution is 2.16. The van der Waals surface area contributed by atoms with Gasteiger partial charge in [-0.25, -0.2) is 4.98 Å². The van der Waals surface area contributed by atoms with Crippen LogP contribution in [0.3, 0.4) is 0 Å². The van der Waals surface area contributed by atoms with Gasteiger partial charge in [-0.15, -0.1) is 11.3 Å². The molecule has 1 amide bonds. The molecule has 0 aliphatic rings.